The van der Waals surface area contributed by atoms with Gasteiger partial charge in [-0.2, -0.15) is 0 Å². The molecule has 3 aromatic rings. The second-order valence-corrected chi connectivity index (χ2v) is 7.36. The molecule has 0 aliphatic heterocycles. The van der Waals surface area contributed by atoms with Gasteiger partial charge in [0, 0.05) is 0 Å². The molecule has 1 fully saturated rings. The molecule has 128 valence electrons. The fourth-order valence-corrected chi connectivity index (χ4v) is 4.14. The molecule has 2 atom stereocenters. The lowest BCUT2D eigenvalue weighted by Crippen LogP contribution is -2.41. The quantitative estimate of drug-likeness (QED) is 0.750. The monoisotopic (exact) mass is 352 g/mol. The molecule has 1 aromatic heterocycles. The number of amides is 1. The van der Waals surface area contributed by atoms with E-state index in [2.05, 4.69) is 22.4 Å². The highest BCUT2D eigenvalue weighted by Gasteiger charge is 2.30. The summed E-state index contributed by atoms with van der Waals surface area (Å²) >= 11 is 1.44. The zero-order valence-corrected chi connectivity index (χ0v) is 14.7. The van der Waals surface area contributed by atoms with Gasteiger partial charge in [0.1, 0.15) is 0 Å². The predicted octanol–water partition coefficient (Wildman–Crippen LogP) is 4.16. The first-order valence-corrected chi connectivity index (χ1v) is 9.43. The van der Waals surface area contributed by atoms with E-state index in [1.165, 1.54) is 11.3 Å². The summed E-state index contributed by atoms with van der Waals surface area (Å²) in [6.07, 6.45) is 3.08. The number of ether oxygens (including phenoxy) is 1. The molecule has 4 rings (SSSR count). The number of aromatic nitrogens is 1. The molecule has 1 heterocycles. The molecule has 1 aliphatic carbocycles. The third-order valence-corrected chi connectivity index (χ3v) is 5.60. The molecule has 25 heavy (non-hydrogen) atoms. The molecule has 0 bridgehead atoms. The van der Waals surface area contributed by atoms with E-state index in [0.717, 1.165) is 35.0 Å². The van der Waals surface area contributed by atoms with E-state index in [4.69, 9.17) is 4.74 Å². The number of nitrogens with zero attached hydrogens (tertiary/aromatic N) is 1. The van der Waals surface area contributed by atoms with E-state index in [-0.39, 0.29) is 18.1 Å². The Balaban J connectivity index is 1.39. The van der Waals surface area contributed by atoms with Crippen LogP contribution in [0.1, 0.15) is 34.6 Å². The van der Waals surface area contributed by atoms with Gasteiger partial charge < -0.3 is 10.1 Å². The number of nitrogens with one attached hydrogen (secondary N) is 1. The van der Waals surface area contributed by atoms with E-state index in [9.17, 15) is 4.79 Å². The third kappa shape index (κ3) is 3.72. The summed E-state index contributed by atoms with van der Waals surface area (Å²) in [5, 5.41) is 3.65. The number of rotatable bonds is 5. The smallest absolute Gasteiger partial charge is 0.280 e. The van der Waals surface area contributed by atoms with E-state index in [0.29, 0.717) is 11.6 Å². The van der Waals surface area contributed by atoms with Gasteiger partial charge in [0.25, 0.3) is 5.91 Å². The maximum Gasteiger partial charge on any atom is 0.280 e. The molecule has 0 saturated heterocycles. The number of hydrogen-bond acceptors (Lipinski definition) is 4. The molecular formula is C20H20N2O2S. The van der Waals surface area contributed by atoms with E-state index in [1.54, 1.807) is 0 Å². The van der Waals surface area contributed by atoms with Crippen LogP contribution in [-0.4, -0.2) is 23.0 Å². The third-order valence-electron chi connectivity index (χ3n) is 4.56. The van der Waals surface area contributed by atoms with E-state index in [1.807, 2.05) is 42.5 Å². The summed E-state index contributed by atoms with van der Waals surface area (Å²) in [4.78, 5) is 17.0. The van der Waals surface area contributed by atoms with Crippen LogP contribution in [0.5, 0.6) is 0 Å². The number of hydrogen-bond donors (Lipinski definition) is 1. The van der Waals surface area contributed by atoms with Gasteiger partial charge in [-0.3, -0.25) is 4.79 Å². The molecule has 1 aliphatic rings. The Labute approximate surface area is 150 Å². The normalized spacial score (nSPS) is 20.0. The highest BCUT2D eigenvalue weighted by Crippen LogP contribution is 2.25. The zero-order chi connectivity index (χ0) is 17.1. The average Bonchev–Trinajstić information content (AvgIpc) is 3.27. The van der Waals surface area contributed by atoms with Crippen molar-refractivity contribution < 1.29 is 9.53 Å². The first kappa shape index (κ1) is 16.2. The van der Waals surface area contributed by atoms with Crippen molar-refractivity contribution in [2.75, 3.05) is 0 Å². The van der Waals surface area contributed by atoms with Crippen LogP contribution in [0.15, 0.2) is 54.6 Å². The van der Waals surface area contributed by atoms with Gasteiger partial charge >= 0.3 is 0 Å². The van der Waals surface area contributed by atoms with E-state index >= 15 is 0 Å². The van der Waals surface area contributed by atoms with Crippen LogP contribution in [0.2, 0.25) is 0 Å². The van der Waals surface area contributed by atoms with Gasteiger partial charge in [-0.1, -0.05) is 42.5 Å². The summed E-state index contributed by atoms with van der Waals surface area (Å²) in [5.74, 6) is -0.0959. The molecule has 5 heteroatoms. The Bertz CT molecular complexity index is 829. The van der Waals surface area contributed by atoms with Crippen LogP contribution in [0, 0.1) is 0 Å². The van der Waals surface area contributed by atoms with Crippen molar-refractivity contribution in [2.45, 2.75) is 38.0 Å². The van der Waals surface area contributed by atoms with E-state index < -0.39 is 0 Å². The summed E-state index contributed by atoms with van der Waals surface area (Å²) in [5.41, 5.74) is 2.03. The van der Waals surface area contributed by atoms with Crippen LogP contribution in [-0.2, 0) is 11.3 Å². The molecule has 1 N–H and O–H groups in total. The number of benzene rings is 2. The molecule has 1 saturated carbocycles. The standard InChI is InChI=1S/C20H20N2O2S/c23-19(20-22-16-9-4-5-12-18(16)25-20)21-15-10-6-11-17(15)24-13-14-7-2-1-3-8-14/h1-5,7-9,12,15,17H,6,10-11,13H2,(H,21,23)/t15-,17-/m0/s1. The van der Waals surface area contributed by atoms with Crippen molar-refractivity contribution in [3.05, 3.63) is 65.2 Å². The Kier molecular flexibility index (Phi) is 4.76. The molecule has 0 spiro atoms. The Morgan fingerprint density at radius 1 is 1.12 bits per heavy atom. The van der Waals surface area contributed by atoms with Crippen LogP contribution < -0.4 is 5.32 Å². The average molecular weight is 352 g/mol. The van der Waals surface area contributed by atoms with Gasteiger partial charge in [-0.15, -0.1) is 11.3 Å². The fraction of sp³-hybridized carbons (Fsp3) is 0.300. The van der Waals surface area contributed by atoms with Crippen molar-refractivity contribution in [1.82, 2.24) is 10.3 Å². The molecular weight excluding hydrogens is 332 g/mol. The number of carbonyl (C=O) groups excluding carboxylic acids is 1. The lowest BCUT2D eigenvalue weighted by molar-refractivity contribution is 0.0272. The van der Waals surface area contributed by atoms with Crippen LogP contribution >= 0.6 is 11.3 Å². The summed E-state index contributed by atoms with van der Waals surface area (Å²) < 4.78 is 7.10. The predicted molar refractivity (Wildman–Crippen MR) is 99.7 cm³/mol. The Hall–Kier alpha value is -2.24. The van der Waals surface area contributed by atoms with Crippen LogP contribution in [0.3, 0.4) is 0 Å². The first-order valence-electron chi connectivity index (χ1n) is 8.61. The maximum atomic E-state index is 12.6. The number of para-hydroxylation sites is 1. The maximum absolute atomic E-state index is 12.6. The van der Waals surface area contributed by atoms with Crippen molar-refractivity contribution >= 4 is 27.5 Å². The largest absolute Gasteiger partial charge is 0.371 e. The van der Waals surface area contributed by atoms with Crippen molar-refractivity contribution in [3.63, 3.8) is 0 Å². The van der Waals surface area contributed by atoms with Gasteiger partial charge in [0.15, 0.2) is 5.01 Å². The number of thiazole rings is 1. The number of carbonyl (C=O) groups is 1. The minimum absolute atomic E-state index is 0.0585. The fourth-order valence-electron chi connectivity index (χ4n) is 3.27. The minimum Gasteiger partial charge on any atom is -0.371 e. The SMILES string of the molecule is O=C(N[C@H]1CCC[C@@H]1OCc1ccccc1)c1nc2ccccc2s1. The molecule has 2 aromatic carbocycles. The van der Waals surface area contributed by atoms with Gasteiger partial charge in [0.2, 0.25) is 0 Å². The number of fused-ring (bicyclic) bond motifs is 1. The van der Waals surface area contributed by atoms with Crippen molar-refractivity contribution in [1.29, 1.82) is 0 Å². The summed E-state index contributed by atoms with van der Waals surface area (Å²) in [6.45, 7) is 0.582. The van der Waals surface area contributed by atoms with Crippen molar-refractivity contribution in [3.8, 4) is 0 Å². The van der Waals surface area contributed by atoms with Crippen molar-refractivity contribution in [2.24, 2.45) is 0 Å². The molecule has 1 amide bonds. The summed E-state index contributed by atoms with van der Waals surface area (Å²) in [6, 6.07) is 18.0. The first-order chi connectivity index (χ1) is 12.3. The van der Waals surface area contributed by atoms with Crippen LogP contribution in [0.4, 0.5) is 0 Å². The highest BCUT2D eigenvalue weighted by molar-refractivity contribution is 7.20. The molecule has 0 unspecified atom stereocenters. The van der Waals surface area contributed by atoms with Gasteiger partial charge in [-0.25, -0.2) is 4.98 Å². The zero-order valence-electron chi connectivity index (χ0n) is 13.9. The van der Waals surface area contributed by atoms with Crippen LogP contribution in [0.25, 0.3) is 10.2 Å². The van der Waals surface area contributed by atoms with Gasteiger partial charge in [-0.05, 0) is 37.0 Å². The molecule has 4 nitrogen and oxygen atoms in total. The second-order valence-electron chi connectivity index (χ2n) is 6.33. The Morgan fingerprint density at radius 2 is 1.92 bits per heavy atom. The minimum atomic E-state index is -0.0959. The lowest BCUT2D eigenvalue weighted by Gasteiger charge is -2.21. The Morgan fingerprint density at radius 3 is 2.76 bits per heavy atom. The molecule has 0 radical (unpaired) electrons. The topological polar surface area (TPSA) is 51.2 Å². The highest BCUT2D eigenvalue weighted by atomic mass is 32.1. The lowest BCUT2D eigenvalue weighted by atomic mass is 10.2. The summed E-state index contributed by atoms with van der Waals surface area (Å²) in [7, 11) is 0. The second kappa shape index (κ2) is 7.33. The van der Waals surface area contributed by atoms with Gasteiger partial charge in [0.05, 0.1) is 29.0 Å².